The van der Waals surface area contributed by atoms with Gasteiger partial charge in [0.1, 0.15) is 0 Å². The van der Waals surface area contributed by atoms with Crippen molar-refractivity contribution in [3.05, 3.63) is 47.4 Å². The molecule has 2 rings (SSSR count). The summed E-state index contributed by atoms with van der Waals surface area (Å²) >= 11 is 0. The standard InChI is InChI=1S/C19H28N2O4S/c1-4-25-17-10-12-21(18(14-17)16-8-6-5-7-9-16)19(22)20-15(2)11-13-26(3,23)24/h5-9,11,13,15,17-18H,4,10,12,14H2,1-3H3,(H,20,22)/b13-11+/t15-,17-,18+/m0/s1. The maximum absolute atomic E-state index is 12.8. The molecular weight excluding hydrogens is 352 g/mol. The summed E-state index contributed by atoms with van der Waals surface area (Å²) in [5.74, 6) is 0. The molecule has 0 radical (unpaired) electrons. The zero-order chi connectivity index (χ0) is 19.2. The van der Waals surface area contributed by atoms with Crippen molar-refractivity contribution in [2.75, 3.05) is 19.4 Å². The lowest BCUT2D eigenvalue weighted by molar-refractivity contribution is 0.000762. The number of hydrogen-bond acceptors (Lipinski definition) is 4. The largest absolute Gasteiger partial charge is 0.378 e. The molecule has 7 heteroatoms. The number of nitrogens with one attached hydrogen (secondary N) is 1. The molecule has 26 heavy (non-hydrogen) atoms. The van der Waals surface area contributed by atoms with E-state index in [0.717, 1.165) is 30.1 Å². The molecule has 1 fully saturated rings. The second-order valence-electron chi connectivity index (χ2n) is 6.62. The second kappa shape index (κ2) is 9.19. The lowest BCUT2D eigenvalue weighted by atomic mass is 9.93. The van der Waals surface area contributed by atoms with E-state index in [-0.39, 0.29) is 24.2 Å². The number of sulfone groups is 1. The molecule has 144 valence electrons. The maximum atomic E-state index is 12.8. The third-order valence-electron chi connectivity index (χ3n) is 4.37. The van der Waals surface area contributed by atoms with Gasteiger partial charge in [0.05, 0.1) is 12.1 Å². The van der Waals surface area contributed by atoms with Gasteiger partial charge in [0.2, 0.25) is 0 Å². The van der Waals surface area contributed by atoms with Gasteiger partial charge in [-0.3, -0.25) is 0 Å². The van der Waals surface area contributed by atoms with Crippen molar-refractivity contribution in [3.63, 3.8) is 0 Å². The van der Waals surface area contributed by atoms with Crippen molar-refractivity contribution >= 4 is 15.9 Å². The summed E-state index contributed by atoms with van der Waals surface area (Å²) in [5.41, 5.74) is 1.08. The lowest BCUT2D eigenvalue weighted by Gasteiger charge is -2.40. The highest BCUT2D eigenvalue weighted by atomic mass is 32.2. The molecule has 6 nitrogen and oxygen atoms in total. The average molecular weight is 381 g/mol. The molecule has 1 aliphatic rings. The Balaban J connectivity index is 2.11. The van der Waals surface area contributed by atoms with Crippen molar-refractivity contribution in [1.29, 1.82) is 0 Å². The Morgan fingerprint density at radius 1 is 1.38 bits per heavy atom. The molecule has 1 saturated heterocycles. The van der Waals surface area contributed by atoms with Gasteiger partial charge >= 0.3 is 6.03 Å². The Labute approximate surface area is 156 Å². The van der Waals surface area contributed by atoms with Gasteiger partial charge in [-0.15, -0.1) is 0 Å². The molecular formula is C19H28N2O4S. The SMILES string of the molecule is CCO[C@H]1CCN(C(=O)N[C@@H](C)/C=C/S(C)(=O)=O)[C@@H](c2ccccc2)C1. The number of carbonyl (C=O) groups excluding carboxylic acids is 1. The number of piperidine rings is 1. The number of nitrogens with zero attached hydrogens (tertiary/aromatic N) is 1. The summed E-state index contributed by atoms with van der Waals surface area (Å²) in [4.78, 5) is 14.6. The first-order valence-electron chi connectivity index (χ1n) is 8.92. The molecule has 2 amide bonds. The van der Waals surface area contributed by atoms with E-state index in [1.165, 1.54) is 6.08 Å². The molecule has 1 aromatic rings. The van der Waals surface area contributed by atoms with Crippen LogP contribution in [0, 0.1) is 0 Å². The highest BCUT2D eigenvalue weighted by Gasteiger charge is 2.33. The fourth-order valence-electron chi connectivity index (χ4n) is 3.14. The summed E-state index contributed by atoms with van der Waals surface area (Å²) in [6, 6.07) is 9.29. The van der Waals surface area contributed by atoms with Crippen molar-refractivity contribution in [3.8, 4) is 0 Å². The van der Waals surface area contributed by atoms with Crippen LogP contribution in [0.3, 0.4) is 0 Å². The minimum absolute atomic E-state index is 0.0624. The topological polar surface area (TPSA) is 75.7 Å². The number of hydrogen-bond donors (Lipinski definition) is 1. The summed E-state index contributed by atoms with van der Waals surface area (Å²) in [5, 5.41) is 3.98. The number of amides is 2. The van der Waals surface area contributed by atoms with Gasteiger partial charge in [0.25, 0.3) is 0 Å². The Hall–Kier alpha value is -1.86. The molecule has 0 saturated carbocycles. The minimum atomic E-state index is -3.21. The van der Waals surface area contributed by atoms with Crippen LogP contribution in [-0.2, 0) is 14.6 Å². The zero-order valence-electron chi connectivity index (χ0n) is 15.6. The molecule has 0 bridgehead atoms. The van der Waals surface area contributed by atoms with Gasteiger partial charge in [-0.2, -0.15) is 0 Å². The maximum Gasteiger partial charge on any atom is 0.318 e. The summed E-state index contributed by atoms with van der Waals surface area (Å²) in [6.45, 7) is 4.99. The third-order valence-corrected chi connectivity index (χ3v) is 5.02. The first-order chi connectivity index (χ1) is 12.3. The summed E-state index contributed by atoms with van der Waals surface area (Å²) < 4.78 is 28.3. The van der Waals surface area contributed by atoms with Crippen LogP contribution in [0.2, 0.25) is 0 Å². The number of likely N-dealkylation sites (tertiary alicyclic amines) is 1. The van der Waals surface area contributed by atoms with Crippen molar-refractivity contribution in [2.45, 2.75) is 44.9 Å². The lowest BCUT2D eigenvalue weighted by Crippen LogP contribution is -2.49. The highest BCUT2D eigenvalue weighted by molar-refractivity contribution is 7.93. The van der Waals surface area contributed by atoms with Gasteiger partial charge in [0, 0.05) is 30.9 Å². The van der Waals surface area contributed by atoms with E-state index in [1.54, 1.807) is 6.92 Å². The molecule has 1 aliphatic heterocycles. The first-order valence-corrected chi connectivity index (χ1v) is 10.9. The van der Waals surface area contributed by atoms with Crippen molar-refractivity contribution in [1.82, 2.24) is 10.2 Å². The predicted molar refractivity (Wildman–Crippen MR) is 103 cm³/mol. The molecule has 0 spiro atoms. The molecule has 1 N–H and O–H groups in total. The van der Waals surface area contributed by atoms with E-state index in [9.17, 15) is 13.2 Å². The number of benzene rings is 1. The van der Waals surface area contributed by atoms with Gasteiger partial charge < -0.3 is 15.0 Å². The Morgan fingerprint density at radius 2 is 2.08 bits per heavy atom. The number of carbonyl (C=O) groups is 1. The molecule has 1 aromatic carbocycles. The van der Waals surface area contributed by atoms with Crippen LogP contribution in [0.4, 0.5) is 4.79 Å². The highest BCUT2D eigenvalue weighted by Crippen LogP contribution is 2.32. The Morgan fingerprint density at radius 3 is 2.69 bits per heavy atom. The quantitative estimate of drug-likeness (QED) is 0.823. The summed E-state index contributed by atoms with van der Waals surface area (Å²) in [7, 11) is -3.21. The number of urea groups is 1. The van der Waals surface area contributed by atoms with Gasteiger partial charge in [-0.05, 0) is 32.3 Å². The van der Waals surface area contributed by atoms with Gasteiger partial charge in [-0.1, -0.05) is 36.4 Å². The van der Waals surface area contributed by atoms with E-state index >= 15 is 0 Å². The van der Waals surface area contributed by atoms with Crippen LogP contribution in [-0.4, -0.2) is 50.9 Å². The normalized spacial score (nSPS) is 22.3. The number of ether oxygens (including phenoxy) is 1. The fourth-order valence-corrected chi connectivity index (χ4v) is 3.66. The summed E-state index contributed by atoms with van der Waals surface area (Å²) in [6.07, 6.45) is 4.29. The van der Waals surface area contributed by atoms with E-state index in [2.05, 4.69) is 5.32 Å². The van der Waals surface area contributed by atoms with E-state index < -0.39 is 9.84 Å². The van der Waals surface area contributed by atoms with Crippen LogP contribution in [0.5, 0.6) is 0 Å². The smallest absolute Gasteiger partial charge is 0.318 e. The van der Waals surface area contributed by atoms with Crippen LogP contribution < -0.4 is 5.32 Å². The monoisotopic (exact) mass is 380 g/mol. The molecule has 0 aliphatic carbocycles. The van der Waals surface area contributed by atoms with E-state index in [4.69, 9.17) is 4.74 Å². The molecule has 1 heterocycles. The van der Waals surface area contributed by atoms with E-state index in [1.807, 2.05) is 42.2 Å². The van der Waals surface area contributed by atoms with Crippen molar-refractivity contribution in [2.24, 2.45) is 0 Å². The van der Waals surface area contributed by atoms with E-state index in [0.29, 0.717) is 13.2 Å². The average Bonchev–Trinajstić information content (AvgIpc) is 2.60. The first kappa shape index (κ1) is 20.5. The van der Waals surface area contributed by atoms with Crippen molar-refractivity contribution < 1.29 is 17.9 Å². The Bertz CT molecular complexity index is 718. The fraction of sp³-hybridized carbons (Fsp3) is 0.526. The molecule has 0 aromatic heterocycles. The Kier molecular flexibility index (Phi) is 7.23. The van der Waals surface area contributed by atoms with Gasteiger partial charge in [-0.25, -0.2) is 13.2 Å². The third kappa shape index (κ3) is 6.14. The van der Waals surface area contributed by atoms with Crippen LogP contribution in [0.25, 0.3) is 0 Å². The van der Waals surface area contributed by atoms with Crippen LogP contribution in [0.15, 0.2) is 41.8 Å². The minimum Gasteiger partial charge on any atom is -0.378 e. The van der Waals surface area contributed by atoms with Crippen LogP contribution in [0.1, 0.15) is 38.3 Å². The van der Waals surface area contributed by atoms with Gasteiger partial charge in [0.15, 0.2) is 9.84 Å². The predicted octanol–water partition coefficient (Wildman–Crippen LogP) is 2.89. The van der Waals surface area contributed by atoms with Crippen LogP contribution >= 0.6 is 0 Å². The zero-order valence-corrected chi connectivity index (χ0v) is 16.4. The molecule has 3 atom stereocenters. The second-order valence-corrected chi connectivity index (χ2v) is 8.55. The molecule has 0 unspecified atom stereocenters. The number of rotatable bonds is 6.